The van der Waals surface area contributed by atoms with Crippen LogP contribution in [0.25, 0.3) is 10.9 Å². The van der Waals surface area contributed by atoms with Crippen LogP contribution >= 0.6 is 11.8 Å². The molecular formula is C14H18N4S. The highest BCUT2D eigenvalue weighted by Crippen LogP contribution is 2.26. The van der Waals surface area contributed by atoms with Gasteiger partial charge in [0.2, 0.25) is 0 Å². The zero-order valence-electron chi connectivity index (χ0n) is 10.8. The van der Waals surface area contributed by atoms with Gasteiger partial charge in [0.1, 0.15) is 12.1 Å². The third kappa shape index (κ3) is 2.92. The molecule has 2 heterocycles. The standard InChI is InChI=1S/C14H18N4S/c15-10-4-5-12-13(7-10)17-9-18-14(12)16-8-11-3-1-2-6-19-11/h4-5,7,9,11H,1-3,6,8,15H2,(H,16,17,18). The van der Waals surface area contributed by atoms with Crippen LogP contribution in [0.5, 0.6) is 0 Å². The second kappa shape index (κ2) is 5.65. The monoisotopic (exact) mass is 274 g/mol. The summed E-state index contributed by atoms with van der Waals surface area (Å²) in [5, 5.41) is 5.20. The third-order valence-corrected chi connectivity index (χ3v) is 4.83. The van der Waals surface area contributed by atoms with E-state index in [9.17, 15) is 0 Å². The molecule has 1 atom stereocenters. The summed E-state index contributed by atoms with van der Waals surface area (Å²) in [7, 11) is 0. The second-order valence-electron chi connectivity index (χ2n) is 4.87. The van der Waals surface area contributed by atoms with Crippen molar-refractivity contribution in [2.45, 2.75) is 24.5 Å². The summed E-state index contributed by atoms with van der Waals surface area (Å²) in [5.41, 5.74) is 7.41. The molecule has 5 heteroatoms. The van der Waals surface area contributed by atoms with Crippen LogP contribution in [0.1, 0.15) is 19.3 Å². The van der Waals surface area contributed by atoms with Crippen LogP contribution in [-0.4, -0.2) is 27.5 Å². The molecule has 0 amide bonds. The largest absolute Gasteiger partial charge is 0.399 e. The number of nitrogens with one attached hydrogen (secondary N) is 1. The molecule has 0 spiro atoms. The highest BCUT2D eigenvalue weighted by atomic mass is 32.2. The Morgan fingerprint density at radius 3 is 3.11 bits per heavy atom. The fourth-order valence-corrected chi connectivity index (χ4v) is 3.63. The second-order valence-corrected chi connectivity index (χ2v) is 6.28. The number of benzene rings is 1. The van der Waals surface area contributed by atoms with Crippen LogP contribution in [0, 0.1) is 0 Å². The number of hydrogen-bond donors (Lipinski definition) is 2. The van der Waals surface area contributed by atoms with E-state index < -0.39 is 0 Å². The summed E-state index contributed by atoms with van der Waals surface area (Å²) >= 11 is 2.06. The number of anilines is 2. The predicted molar refractivity (Wildman–Crippen MR) is 82.5 cm³/mol. The van der Waals surface area contributed by atoms with E-state index >= 15 is 0 Å². The molecule has 0 bridgehead atoms. The van der Waals surface area contributed by atoms with Gasteiger partial charge in [-0.1, -0.05) is 6.42 Å². The number of aromatic nitrogens is 2. The molecule has 0 saturated carbocycles. The van der Waals surface area contributed by atoms with Gasteiger partial charge in [0.25, 0.3) is 0 Å². The molecule has 0 radical (unpaired) electrons. The molecule has 1 aromatic heterocycles. The Labute approximate surface area is 117 Å². The Morgan fingerprint density at radius 1 is 1.32 bits per heavy atom. The van der Waals surface area contributed by atoms with Crippen molar-refractivity contribution in [2.75, 3.05) is 23.3 Å². The first-order chi connectivity index (χ1) is 9.33. The summed E-state index contributed by atoms with van der Waals surface area (Å²) in [5.74, 6) is 2.20. The molecule has 1 aliphatic rings. The van der Waals surface area contributed by atoms with Crippen molar-refractivity contribution in [3.05, 3.63) is 24.5 Å². The predicted octanol–water partition coefficient (Wildman–Crippen LogP) is 2.91. The van der Waals surface area contributed by atoms with Gasteiger partial charge in [-0.25, -0.2) is 9.97 Å². The molecule has 1 aliphatic heterocycles. The van der Waals surface area contributed by atoms with E-state index in [0.717, 1.165) is 29.0 Å². The van der Waals surface area contributed by atoms with Crippen molar-refractivity contribution < 1.29 is 0 Å². The first-order valence-corrected chi connectivity index (χ1v) is 7.73. The highest BCUT2D eigenvalue weighted by Gasteiger charge is 2.14. The number of fused-ring (bicyclic) bond motifs is 1. The van der Waals surface area contributed by atoms with Gasteiger partial charge in [0, 0.05) is 22.9 Å². The van der Waals surface area contributed by atoms with Crippen LogP contribution in [0.4, 0.5) is 11.5 Å². The Kier molecular flexibility index (Phi) is 3.73. The molecule has 0 aliphatic carbocycles. The number of nitrogens with zero attached hydrogens (tertiary/aromatic N) is 2. The van der Waals surface area contributed by atoms with Gasteiger partial charge in [0.05, 0.1) is 5.52 Å². The van der Waals surface area contributed by atoms with E-state index in [1.807, 2.05) is 18.2 Å². The molecule has 1 fully saturated rings. The van der Waals surface area contributed by atoms with Crippen LogP contribution in [0.2, 0.25) is 0 Å². The molecular weight excluding hydrogens is 256 g/mol. The number of nitrogens with two attached hydrogens (primary N) is 1. The minimum absolute atomic E-state index is 0.701. The zero-order chi connectivity index (χ0) is 13.1. The molecule has 4 nitrogen and oxygen atoms in total. The Bertz CT molecular complexity index is 566. The van der Waals surface area contributed by atoms with E-state index in [1.165, 1.54) is 25.0 Å². The lowest BCUT2D eigenvalue weighted by atomic mass is 10.2. The molecule has 1 aromatic carbocycles. The van der Waals surface area contributed by atoms with E-state index in [0.29, 0.717) is 5.25 Å². The van der Waals surface area contributed by atoms with Crippen LogP contribution in [0.15, 0.2) is 24.5 Å². The van der Waals surface area contributed by atoms with E-state index in [-0.39, 0.29) is 0 Å². The molecule has 3 rings (SSSR count). The van der Waals surface area contributed by atoms with Crippen molar-refractivity contribution in [3.63, 3.8) is 0 Å². The average molecular weight is 274 g/mol. The SMILES string of the molecule is Nc1ccc2c(NCC3CCCCS3)ncnc2c1. The van der Waals surface area contributed by atoms with Crippen LogP contribution < -0.4 is 11.1 Å². The fourth-order valence-electron chi connectivity index (χ4n) is 2.39. The van der Waals surface area contributed by atoms with E-state index in [1.54, 1.807) is 6.33 Å². The first-order valence-electron chi connectivity index (χ1n) is 6.68. The lowest BCUT2D eigenvalue weighted by Crippen LogP contribution is -2.20. The summed E-state index contributed by atoms with van der Waals surface area (Å²) in [6.07, 6.45) is 5.60. The Morgan fingerprint density at radius 2 is 2.26 bits per heavy atom. The highest BCUT2D eigenvalue weighted by molar-refractivity contribution is 7.99. The maximum atomic E-state index is 5.78. The van der Waals surface area contributed by atoms with E-state index in [2.05, 4.69) is 27.0 Å². The number of thioether (sulfide) groups is 1. The fraction of sp³-hybridized carbons (Fsp3) is 0.429. The Hall–Kier alpha value is -1.49. The third-order valence-electron chi connectivity index (χ3n) is 3.43. The van der Waals surface area contributed by atoms with Crippen molar-refractivity contribution in [2.24, 2.45) is 0 Å². The van der Waals surface area contributed by atoms with Crippen LogP contribution in [-0.2, 0) is 0 Å². The van der Waals surface area contributed by atoms with Crippen molar-refractivity contribution in [3.8, 4) is 0 Å². The first kappa shape index (κ1) is 12.5. The smallest absolute Gasteiger partial charge is 0.137 e. The summed E-state index contributed by atoms with van der Waals surface area (Å²) in [6, 6.07) is 5.77. The number of rotatable bonds is 3. The minimum atomic E-state index is 0.701. The van der Waals surface area contributed by atoms with Gasteiger partial charge in [-0.2, -0.15) is 11.8 Å². The summed E-state index contributed by atoms with van der Waals surface area (Å²) < 4.78 is 0. The Balaban J connectivity index is 1.76. The topological polar surface area (TPSA) is 63.8 Å². The summed E-state index contributed by atoms with van der Waals surface area (Å²) in [6.45, 7) is 0.973. The van der Waals surface area contributed by atoms with E-state index in [4.69, 9.17) is 5.73 Å². The minimum Gasteiger partial charge on any atom is -0.399 e. The van der Waals surface area contributed by atoms with Gasteiger partial charge in [-0.3, -0.25) is 0 Å². The quantitative estimate of drug-likeness (QED) is 0.843. The molecule has 3 N–H and O–H groups in total. The average Bonchev–Trinajstić information content (AvgIpc) is 2.45. The van der Waals surface area contributed by atoms with Crippen molar-refractivity contribution in [1.82, 2.24) is 9.97 Å². The lowest BCUT2D eigenvalue weighted by Gasteiger charge is -2.21. The van der Waals surface area contributed by atoms with Gasteiger partial charge >= 0.3 is 0 Å². The molecule has 19 heavy (non-hydrogen) atoms. The van der Waals surface area contributed by atoms with Crippen molar-refractivity contribution in [1.29, 1.82) is 0 Å². The number of nitrogen functional groups attached to an aromatic ring is 1. The van der Waals surface area contributed by atoms with Gasteiger partial charge < -0.3 is 11.1 Å². The molecule has 2 aromatic rings. The molecule has 1 unspecified atom stereocenters. The van der Waals surface area contributed by atoms with Gasteiger partial charge in [-0.05, 0) is 36.8 Å². The van der Waals surface area contributed by atoms with Crippen molar-refractivity contribution >= 4 is 34.2 Å². The zero-order valence-corrected chi connectivity index (χ0v) is 11.6. The number of hydrogen-bond acceptors (Lipinski definition) is 5. The molecule has 100 valence electrons. The lowest BCUT2D eigenvalue weighted by molar-refractivity contribution is 0.677. The van der Waals surface area contributed by atoms with Gasteiger partial charge in [0.15, 0.2) is 0 Å². The maximum Gasteiger partial charge on any atom is 0.137 e. The van der Waals surface area contributed by atoms with Crippen LogP contribution in [0.3, 0.4) is 0 Å². The van der Waals surface area contributed by atoms with Gasteiger partial charge in [-0.15, -0.1) is 0 Å². The summed E-state index contributed by atoms with van der Waals surface area (Å²) in [4.78, 5) is 8.61. The molecule has 1 saturated heterocycles. The maximum absolute atomic E-state index is 5.78. The normalized spacial score (nSPS) is 19.5.